The number of hydrogen-bond donors (Lipinski definition) is 0. The first kappa shape index (κ1) is 11.8. The third-order valence-electron chi connectivity index (χ3n) is 3.28. The molecule has 20 heavy (non-hydrogen) atoms. The quantitative estimate of drug-likeness (QED) is 0.619. The predicted molar refractivity (Wildman–Crippen MR) is 69.2 cm³/mol. The highest BCUT2D eigenvalue weighted by Gasteiger charge is 2.29. The number of fused-ring (bicyclic) bond motifs is 2. The molecule has 0 saturated carbocycles. The second kappa shape index (κ2) is 4.15. The first-order valence-electron chi connectivity index (χ1n) is 5.83. The zero-order valence-corrected chi connectivity index (χ0v) is 10.2. The summed E-state index contributed by atoms with van der Waals surface area (Å²) in [5.74, 6) is -0.590. The van der Waals surface area contributed by atoms with Crippen LogP contribution >= 0.6 is 0 Å². The number of benzene rings is 2. The lowest BCUT2D eigenvalue weighted by Gasteiger charge is -2.17. The standard InChI is InChI=1S/C16H6N2O2/c17-7-9-1-3-11-13(5-9)16(20)12-4-2-10(8-18)6-14(12)15(11)19/h1-6H. The van der Waals surface area contributed by atoms with E-state index in [0.717, 1.165) is 0 Å². The van der Waals surface area contributed by atoms with E-state index in [0.29, 0.717) is 11.1 Å². The third-order valence-corrected chi connectivity index (χ3v) is 3.28. The fraction of sp³-hybridized carbons (Fsp3) is 0. The van der Waals surface area contributed by atoms with Gasteiger partial charge in [-0.15, -0.1) is 0 Å². The fourth-order valence-electron chi connectivity index (χ4n) is 2.29. The van der Waals surface area contributed by atoms with Gasteiger partial charge in [-0.05, 0) is 36.4 Å². The van der Waals surface area contributed by atoms with Crippen LogP contribution in [0.5, 0.6) is 0 Å². The van der Waals surface area contributed by atoms with Crippen LogP contribution in [0.2, 0.25) is 0 Å². The number of hydrogen-bond acceptors (Lipinski definition) is 4. The molecule has 1 aliphatic rings. The SMILES string of the molecule is N#Cc1ccc2c(c1)C(=O)c1ccc(C#N)cc1C2=O. The number of rotatable bonds is 0. The summed E-state index contributed by atoms with van der Waals surface area (Å²) in [6.45, 7) is 0. The molecule has 2 aromatic carbocycles. The van der Waals surface area contributed by atoms with Crippen molar-refractivity contribution in [3.63, 3.8) is 0 Å². The van der Waals surface area contributed by atoms with Crippen molar-refractivity contribution in [2.75, 3.05) is 0 Å². The smallest absolute Gasteiger partial charge is 0.194 e. The molecule has 0 heterocycles. The molecule has 4 heteroatoms. The van der Waals surface area contributed by atoms with E-state index in [-0.39, 0.29) is 33.8 Å². The Morgan fingerprint density at radius 2 is 1.05 bits per heavy atom. The van der Waals surface area contributed by atoms with Crippen molar-refractivity contribution in [2.45, 2.75) is 0 Å². The molecule has 0 aliphatic heterocycles. The summed E-state index contributed by atoms with van der Waals surface area (Å²) < 4.78 is 0. The van der Waals surface area contributed by atoms with Crippen LogP contribution in [0.4, 0.5) is 0 Å². The number of nitrogens with zero attached hydrogens (tertiary/aromatic N) is 2. The topological polar surface area (TPSA) is 81.7 Å². The van der Waals surface area contributed by atoms with Gasteiger partial charge in [0.05, 0.1) is 23.3 Å². The summed E-state index contributed by atoms with van der Waals surface area (Å²) in [5.41, 5.74) is 1.70. The summed E-state index contributed by atoms with van der Waals surface area (Å²) >= 11 is 0. The van der Waals surface area contributed by atoms with E-state index < -0.39 is 0 Å². The van der Waals surface area contributed by atoms with Crippen LogP contribution in [0.25, 0.3) is 0 Å². The maximum atomic E-state index is 12.4. The summed E-state index contributed by atoms with van der Waals surface area (Å²) in [6, 6.07) is 12.7. The summed E-state index contributed by atoms with van der Waals surface area (Å²) in [7, 11) is 0. The molecule has 0 fully saturated rings. The molecular weight excluding hydrogens is 252 g/mol. The lowest BCUT2D eigenvalue weighted by atomic mass is 9.83. The van der Waals surface area contributed by atoms with E-state index in [1.165, 1.54) is 36.4 Å². The molecule has 92 valence electrons. The van der Waals surface area contributed by atoms with Gasteiger partial charge in [0.2, 0.25) is 0 Å². The molecule has 4 nitrogen and oxygen atoms in total. The van der Waals surface area contributed by atoms with Gasteiger partial charge in [0.15, 0.2) is 11.6 Å². The van der Waals surface area contributed by atoms with Crippen molar-refractivity contribution in [1.82, 2.24) is 0 Å². The second-order valence-corrected chi connectivity index (χ2v) is 4.40. The average molecular weight is 258 g/mol. The minimum absolute atomic E-state index is 0.242. The summed E-state index contributed by atoms with van der Waals surface area (Å²) in [6.07, 6.45) is 0. The molecule has 0 amide bonds. The largest absolute Gasteiger partial charge is 0.289 e. The molecule has 0 saturated heterocycles. The van der Waals surface area contributed by atoms with Gasteiger partial charge < -0.3 is 0 Å². The van der Waals surface area contributed by atoms with E-state index in [1.807, 2.05) is 12.1 Å². The van der Waals surface area contributed by atoms with Gasteiger partial charge in [-0.2, -0.15) is 10.5 Å². The average Bonchev–Trinajstić information content (AvgIpc) is 2.51. The maximum Gasteiger partial charge on any atom is 0.194 e. The predicted octanol–water partition coefficient (Wildman–Crippen LogP) is 2.21. The summed E-state index contributed by atoms with van der Waals surface area (Å²) in [4.78, 5) is 24.8. The fourth-order valence-corrected chi connectivity index (χ4v) is 2.29. The van der Waals surface area contributed by atoms with E-state index in [4.69, 9.17) is 10.5 Å². The van der Waals surface area contributed by atoms with E-state index >= 15 is 0 Å². The third kappa shape index (κ3) is 1.53. The van der Waals surface area contributed by atoms with Crippen molar-refractivity contribution >= 4 is 11.6 Å². The van der Waals surface area contributed by atoms with Gasteiger partial charge in [0, 0.05) is 22.3 Å². The molecule has 3 rings (SSSR count). The van der Waals surface area contributed by atoms with Crippen molar-refractivity contribution in [2.24, 2.45) is 0 Å². The highest BCUT2D eigenvalue weighted by molar-refractivity contribution is 6.28. The minimum atomic E-state index is -0.295. The lowest BCUT2D eigenvalue weighted by Crippen LogP contribution is -2.21. The zero-order valence-electron chi connectivity index (χ0n) is 10.2. The number of carbonyl (C=O) groups is 2. The zero-order chi connectivity index (χ0) is 14.3. The van der Waals surface area contributed by atoms with Crippen LogP contribution in [0.3, 0.4) is 0 Å². The van der Waals surface area contributed by atoms with Crippen molar-refractivity contribution in [3.8, 4) is 12.1 Å². The van der Waals surface area contributed by atoms with Gasteiger partial charge in [-0.1, -0.05) is 0 Å². The Morgan fingerprint density at radius 1 is 0.650 bits per heavy atom. The van der Waals surface area contributed by atoms with Crippen molar-refractivity contribution in [3.05, 3.63) is 69.8 Å². The Balaban J connectivity index is 2.28. The van der Waals surface area contributed by atoms with Crippen LogP contribution in [0.1, 0.15) is 43.0 Å². The van der Waals surface area contributed by atoms with Gasteiger partial charge >= 0.3 is 0 Å². The van der Waals surface area contributed by atoms with E-state index in [2.05, 4.69) is 0 Å². The van der Waals surface area contributed by atoms with Crippen LogP contribution < -0.4 is 0 Å². The number of nitriles is 2. The Hall–Kier alpha value is -3.24. The molecule has 0 atom stereocenters. The second-order valence-electron chi connectivity index (χ2n) is 4.40. The van der Waals surface area contributed by atoms with Gasteiger partial charge in [-0.3, -0.25) is 9.59 Å². The van der Waals surface area contributed by atoms with Crippen molar-refractivity contribution in [1.29, 1.82) is 10.5 Å². The van der Waals surface area contributed by atoms with Crippen LogP contribution in [0.15, 0.2) is 36.4 Å². The molecule has 0 aromatic heterocycles. The molecule has 0 bridgehead atoms. The van der Waals surface area contributed by atoms with Crippen molar-refractivity contribution < 1.29 is 9.59 Å². The molecule has 2 aromatic rings. The molecule has 0 N–H and O–H groups in total. The minimum Gasteiger partial charge on any atom is -0.289 e. The lowest BCUT2D eigenvalue weighted by molar-refractivity contribution is 0.0979. The van der Waals surface area contributed by atoms with Gasteiger partial charge in [0.25, 0.3) is 0 Å². The highest BCUT2D eigenvalue weighted by atomic mass is 16.1. The van der Waals surface area contributed by atoms with Crippen LogP contribution in [-0.2, 0) is 0 Å². The van der Waals surface area contributed by atoms with Crippen LogP contribution in [-0.4, -0.2) is 11.6 Å². The highest BCUT2D eigenvalue weighted by Crippen LogP contribution is 2.28. The van der Waals surface area contributed by atoms with Crippen LogP contribution in [0, 0.1) is 22.7 Å². The molecule has 0 spiro atoms. The Labute approximate surface area is 114 Å². The normalized spacial score (nSPS) is 12.1. The van der Waals surface area contributed by atoms with E-state index in [9.17, 15) is 9.59 Å². The summed E-state index contributed by atoms with van der Waals surface area (Å²) in [5, 5.41) is 17.7. The first-order valence-corrected chi connectivity index (χ1v) is 5.83. The first-order chi connectivity index (χ1) is 9.65. The molecular formula is C16H6N2O2. The molecule has 0 radical (unpaired) electrons. The monoisotopic (exact) mass is 258 g/mol. The molecule has 1 aliphatic carbocycles. The Morgan fingerprint density at radius 3 is 1.40 bits per heavy atom. The maximum absolute atomic E-state index is 12.4. The number of ketones is 2. The number of carbonyl (C=O) groups excluding carboxylic acids is 2. The Bertz CT molecular complexity index is 794. The van der Waals surface area contributed by atoms with E-state index in [1.54, 1.807) is 0 Å². The van der Waals surface area contributed by atoms with Gasteiger partial charge in [-0.25, -0.2) is 0 Å². The van der Waals surface area contributed by atoms with Gasteiger partial charge in [0.1, 0.15) is 0 Å². The Kier molecular flexibility index (Phi) is 2.45. The molecule has 0 unspecified atom stereocenters.